The Kier molecular flexibility index (Phi) is 9.52. The molecule has 0 saturated heterocycles. The first-order chi connectivity index (χ1) is 11.1. The van der Waals surface area contributed by atoms with Crippen molar-refractivity contribution in [2.24, 2.45) is 0 Å². The van der Waals surface area contributed by atoms with Gasteiger partial charge in [0.25, 0.3) is 5.91 Å². The molecular formula is C18H27NO4. The molecule has 0 heterocycles. The lowest BCUT2D eigenvalue weighted by Crippen LogP contribution is -2.18. The Morgan fingerprint density at radius 3 is 2.26 bits per heavy atom. The number of carbonyl (C=O) groups is 2. The van der Waals surface area contributed by atoms with Crippen molar-refractivity contribution in [3.8, 4) is 5.75 Å². The highest BCUT2D eigenvalue weighted by atomic mass is 16.5. The van der Waals surface area contributed by atoms with Crippen LogP contribution in [-0.2, 0) is 4.79 Å². The highest BCUT2D eigenvalue weighted by molar-refractivity contribution is 5.96. The standard InChI is InChI=1S/C18H27NO4/c1-19-18(22)15-11-8-9-12-16(15)23-14-10-6-4-2-3-5-7-13-17(20)21/h8-9,11-12H,2-7,10,13-14H2,1H3,(H,19,22)(H,20,21). The molecule has 0 aliphatic heterocycles. The van der Waals surface area contributed by atoms with E-state index in [0.717, 1.165) is 44.9 Å². The smallest absolute Gasteiger partial charge is 0.303 e. The molecule has 5 heteroatoms. The minimum Gasteiger partial charge on any atom is -0.493 e. The molecule has 0 spiro atoms. The number of carbonyl (C=O) groups excluding carboxylic acids is 1. The van der Waals surface area contributed by atoms with Gasteiger partial charge in [-0.15, -0.1) is 0 Å². The van der Waals surface area contributed by atoms with Gasteiger partial charge in [-0.2, -0.15) is 0 Å². The van der Waals surface area contributed by atoms with Gasteiger partial charge in [-0.1, -0.05) is 44.2 Å². The van der Waals surface area contributed by atoms with Crippen LogP contribution in [0.2, 0.25) is 0 Å². The fraction of sp³-hybridized carbons (Fsp3) is 0.556. The van der Waals surface area contributed by atoms with E-state index >= 15 is 0 Å². The number of nitrogens with one attached hydrogen (secondary N) is 1. The highest BCUT2D eigenvalue weighted by Crippen LogP contribution is 2.18. The lowest BCUT2D eigenvalue weighted by Gasteiger charge is -2.10. The molecule has 1 aromatic carbocycles. The molecule has 0 unspecified atom stereocenters. The van der Waals surface area contributed by atoms with Crippen LogP contribution in [-0.4, -0.2) is 30.6 Å². The van der Waals surface area contributed by atoms with Gasteiger partial charge in [0.1, 0.15) is 5.75 Å². The van der Waals surface area contributed by atoms with Gasteiger partial charge in [-0.3, -0.25) is 9.59 Å². The summed E-state index contributed by atoms with van der Waals surface area (Å²) in [6, 6.07) is 7.25. The van der Waals surface area contributed by atoms with E-state index in [4.69, 9.17) is 9.84 Å². The Labute approximate surface area is 138 Å². The van der Waals surface area contributed by atoms with Gasteiger partial charge in [-0.25, -0.2) is 0 Å². The van der Waals surface area contributed by atoms with E-state index in [2.05, 4.69) is 5.32 Å². The number of unbranched alkanes of at least 4 members (excludes halogenated alkanes) is 6. The van der Waals surface area contributed by atoms with Gasteiger partial charge < -0.3 is 15.2 Å². The van der Waals surface area contributed by atoms with Gasteiger partial charge in [0.2, 0.25) is 0 Å². The molecule has 0 bridgehead atoms. The number of aliphatic carboxylic acids is 1. The molecule has 5 nitrogen and oxygen atoms in total. The number of para-hydroxylation sites is 1. The Balaban J connectivity index is 2.09. The summed E-state index contributed by atoms with van der Waals surface area (Å²) in [5, 5.41) is 11.1. The zero-order chi connectivity index (χ0) is 16.9. The van der Waals surface area contributed by atoms with Gasteiger partial charge in [0.05, 0.1) is 12.2 Å². The zero-order valence-electron chi connectivity index (χ0n) is 13.8. The topological polar surface area (TPSA) is 75.6 Å². The SMILES string of the molecule is CNC(=O)c1ccccc1OCCCCCCCCCC(=O)O. The molecule has 0 saturated carbocycles. The van der Waals surface area contributed by atoms with Crippen LogP contribution in [0.5, 0.6) is 5.75 Å². The quantitative estimate of drug-likeness (QED) is 0.576. The molecule has 1 aromatic rings. The lowest BCUT2D eigenvalue weighted by atomic mass is 10.1. The Morgan fingerprint density at radius 2 is 1.61 bits per heavy atom. The monoisotopic (exact) mass is 321 g/mol. The Morgan fingerprint density at radius 1 is 1.00 bits per heavy atom. The van der Waals surface area contributed by atoms with Crippen molar-refractivity contribution >= 4 is 11.9 Å². The first-order valence-corrected chi connectivity index (χ1v) is 8.31. The third-order valence-corrected chi connectivity index (χ3v) is 3.65. The van der Waals surface area contributed by atoms with E-state index in [-0.39, 0.29) is 12.3 Å². The van der Waals surface area contributed by atoms with Gasteiger partial charge in [0, 0.05) is 13.5 Å². The number of hydrogen-bond acceptors (Lipinski definition) is 3. The molecule has 128 valence electrons. The van der Waals surface area contributed by atoms with Crippen LogP contribution in [0.25, 0.3) is 0 Å². The predicted octanol–water partition coefficient (Wildman–Crippen LogP) is 3.63. The van der Waals surface area contributed by atoms with E-state index in [1.807, 2.05) is 18.2 Å². The summed E-state index contributed by atoms with van der Waals surface area (Å²) in [7, 11) is 1.61. The minimum absolute atomic E-state index is 0.137. The minimum atomic E-state index is -0.709. The van der Waals surface area contributed by atoms with Crippen molar-refractivity contribution in [3.05, 3.63) is 29.8 Å². The summed E-state index contributed by atoms with van der Waals surface area (Å²) in [6.45, 7) is 0.604. The van der Waals surface area contributed by atoms with Gasteiger partial charge >= 0.3 is 5.97 Å². The summed E-state index contributed by atoms with van der Waals surface area (Å²) >= 11 is 0. The molecule has 0 aliphatic rings. The van der Waals surface area contributed by atoms with Crippen molar-refractivity contribution in [2.75, 3.05) is 13.7 Å². The molecule has 1 rings (SSSR count). The van der Waals surface area contributed by atoms with Crippen LogP contribution >= 0.6 is 0 Å². The van der Waals surface area contributed by atoms with Crippen molar-refractivity contribution in [1.82, 2.24) is 5.32 Å². The highest BCUT2D eigenvalue weighted by Gasteiger charge is 2.09. The van der Waals surface area contributed by atoms with E-state index in [0.29, 0.717) is 17.9 Å². The second-order valence-electron chi connectivity index (χ2n) is 5.54. The van der Waals surface area contributed by atoms with E-state index in [1.54, 1.807) is 13.1 Å². The van der Waals surface area contributed by atoms with Crippen molar-refractivity contribution in [1.29, 1.82) is 0 Å². The van der Waals surface area contributed by atoms with Crippen LogP contribution in [0, 0.1) is 0 Å². The number of hydrogen-bond donors (Lipinski definition) is 2. The molecule has 1 amide bonds. The van der Waals surface area contributed by atoms with Crippen molar-refractivity contribution < 1.29 is 19.4 Å². The number of amides is 1. The molecule has 23 heavy (non-hydrogen) atoms. The fourth-order valence-electron chi connectivity index (χ4n) is 2.36. The largest absolute Gasteiger partial charge is 0.493 e. The summed E-state index contributed by atoms with van der Waals surface area (Å²) in [5.41, 5.74) is 0.563. The molecule has 2 N–H and O–H groups in total. The molecule has 0 atom stereocenters. The molecule has 0 aliphatic carbocycles. The van der Waals surface area contributed by atoms with Crippen molar-refractivity contribution in [2.45, 2.75) is 51.4 Å². The average Bonchev–Trinajstić information content (AvgIpc) is 2.56. The number of benzene rings is 1. The second-order valence-corrected chi connectivity index (χ2v) is 5.54. The first kappa shape index (κ1) is 19.0. The third kappa shape index (κ3) is 8.24. The van der Waals surface area contributed by atoms with Crippen LogP contribution in [0.4, 0.5) is 0 Å². The fourth-order valence-corrected chi connectivity index (χ4v) is 2.36. The summed E-state index contributed by atoms with van der Waals surface area (Å²) in [4.78, 5) is 22.1. The van der Waals surface area contributed by atoms with Gasteiger partial charge in [0.15, 0.2) is 0 Å². The van der Waals surface area contributed by atoms with Crippen LogP contribution in [0.1, 0.15) is 61.7 Å². The van der Waals surface area contributed by atoms with E-state index in [1.165, 1.54) is 0 Å². The number of rotatable bonds is 12. The molecule has 0 radical (unpaired) electrons. The number of carboxylic acids is 1. The van der Waals surface area contributed by atoms with Crippen LogP contribution in [0.15, 0.2) is 24.3 Å². The number of carboxylic acid groups (broad SMARTS) is 1. The predicted molar refractivity (Wildman–Crippen MR) is 89.9 cm³/mol. The Hall–Kier alpha value is -2.04. The summed E-state index contributed by atoms with van der Waals surface area (Å²) in [5.74, 6) is -0.221. The molecule has 0 fully saturated rings. The second kappa shape index (κ2) is 11.5. The maximum atomic E-state index is 11.7. The van der Waals surface area contributed by atoms with E-state index in [9.17, 15) is 9.59 Å². The van der Waals surface area contributed by atoms with Crippen LogP contribution < -0.4 is 10.1 Å². The third-order valence-electron chi connectivity index (χ3n) is 3.65. The normalized spacial score (nSPS) is 10.3. The maximum Gasteiger partial charge on any atom is 0.303 e. The molecule has 0 aromatic heterocycles. The van der Waals surface area contributed by atoms with Gasteiger partial charge in [-0.05, 0) is 25.0 Å². The van der Waals surface area contributed by atoms with Crippen molar-refractivity contribution in [3.63, 3.8) is 0 Å². The molecular weight excluding hydrogens is 294 g/mol. The maximum absolute atomic E-state index is 11.7. The average molecular weight is 321 g/mol. The lowest BCUT2D eigenvalue weighted by molar-refractivity contribution is -0.137. The number of ether oxygens (including phenoxy) is 1. The Bertz CT molecular complexity index is 488. The summed E-state index contributed by atoms with van der Waals surface area (Å²) < 4.78 is 5.71. The zero-order valence-corrected chi connectivity index (χ0v) is 13.8. The summed E-state index contributed by atoms with van der Waals surface area (Å²) in [6.07, 6.45) is 7.43. The van der Waals surface area contributed by atoms with Crippen LogP contribution in [0.3, 0.4) is 0 Å². The first-order valence-electron chi connectivity index (χ1n) is 8.31. The van der Waals surface area contributed by atoms with E-state index < -0.39 is 5.97 Å².